The van der Waals surface area contributed by atoms with E-state index in [2.05, 4.69) is 5.32 Å². The van der Waals surface area contributed by atoms with E-state index in [1.54, 1.807) is 18.2 Å². The zero-order chi connectivity index (χ0) is 20.1. The Morgan fingerprint density at radius 2 is 1.79 bits per heavy atom. The summed E-state index contributed by atoms with van der Waals surface area (Å²) in [4.78, 5) is 25.6. The number of carbonyl (C=O) groups excluding carboxylic acids is 2. The number of anilines is 1. The van der Waals surface area contributed by atoms with Gasteiger partial charge in [-0.05, 0) is 41.6 Å². The number of hydrogen-bond donors (Lipinski definition) is 1. The van der Waals surface area contributed by atoms with E-state index in [0.717, 1.165) is 34.4 Å². The molecule has 8 heteroatoms. The van der Waals surface area contributed by atoms with Gasteiger partial charge in [-0.3, -0.25) is 14.5 Å². The average molecular weight is 404 g/mol. The molecule has 1 saturated heterocycles. The van der Waals surface area contributed by atoms with Gasteiger partial charge >= 0.3 is 6.18 Å². The Morgan fingerprint density at radius 1 is 1.04 bits per heavy atom. The maximum absolute atomic E-state index is 12.8. The first-order valence-electron chi connectivity index (χ1n) is 8.23. The highest BCUT2D eigenvalue weighted by Crippen LogP contribution is 2.32. The number of alkyl halides is 3. The lowest BCUT2D eigenvalue weighted by Gasteiger charge is -2.15. The van der Waals surface area contributed by atoms with Gasteiger partial charge in [0, 0.05) is 5.69 Å². The number of allylic oxidation sites excluding steroid dienone is 2. The molecule has 0 saturated carbocycles. The number of rotatable bonds is 5. The number of amides is 2. The molecule has 0 aromatic heterocycles. The molecule has 1 aliphatic heterocycles. The molecule has 2 amide bonds. The van der Waals surface area contributed by atoms with Crippen LogP contribution in [0.2, 0.25) is 0 Å². The number of hydrogen-bond acceptors (Lipinski definition) is 4. The fourth-order valence-corrected chi connectivity index (χ4v) is 3.23. The van der Waals surface area contributed by atoms with Crippen molar-refractivity contribution in [1.82, 2.24) is 4.90 Å². The quantitative estimate of drug-likeness (QED) is 0.681. The van der Waals surface area contributed by atoms with Crippen molar-refractivity contribution in [2.75, 3.05) is 12.0 Å². The van der Waals surface area contributed by atoms with Crippen molar-refractivity contribution in [2.24, 2.45) is 0 Å². The van der Waals surface area contributed by atoms with E-state index in [0.29, 0.717) is 0 Å². The van der Waals surface area contributed by atoms with E-state index in [1.807, 2.05) is 30.3 Å². The standard InChI is InChI=1S/C20H15F3N2O2S/c21-20(22,23)15-9-5-10-16(12-15)24-13-25-18(26)17(28-19(25)27)11-4-8-14-6-2-1-3-7-14/h1-12,24H,13H2/b8-4-,17-11+. The van der Waals surface area contributed by atoms with Gasteiger partial charge in [0.1, 0.15) is 0 Å². The monoisotopic (exact) mass is 404 g/mol. The number of imide groups is 1. The summed E-state index contributed by atoms with van der Waals surface area (Å²) in [6.45, 7) is -0.217. The normalized spacial score (nSPS) is 16.4. The number of carbonyl (C=O) groups is 2. The van der Waals surface area contributed by atoms with Crippen molar-refractivity contribution in [3.8, 4) is 0 Å². The minimum absolute atomic E-state index is 0.168. The molecular formula is C20H15F3N2O2S. The van der Waals surface area contributed by atoms with E-state index >= 15 is 0 Å². The highest BCUT2D eigenvalue weighted by Gasteiger charge is 2.34. The predicted octanol–water partition coefficient (Wildman–Crippen LogP) is 5.37. The van der Waals surface area contributed by atoms with Crippen molar-refractivity contribution in [2.45, 2.75) is 6.18 Å². The fourth-order valence-electron chi connectivity index (χ4n) is 2.44. The second-order valence-electron chi connectivity index (χ2n) is 5.82. The minimum atomic E-state index is -4.46. The van der Waals surface area contributed by atoms with Crippen LogP contribution in [0.25, 0.3) is 6.08 Å². The van der Waals surface area contributed by atoms with Gasteiger partial charge in [0.05, 0.1) is 17.1 Å². The summed E-state index contributed by atoms with van der Waals surface area (Å²) in [5.41, 5.74) is 0.309. The number of benzene rings is 2. The average Bonchev–Trinajstić information content (AvgIpc) is 2.94. The Morgan fingerprint density at radius 3 is 2.50 bits per heavy atom. The smallest absolute Gasteiger partial charge is 0.367 e. The molecule has 1 N–H and O–H groups in total. The van der Waals surface area contributed by atoms with Gasteiger partial charge < -0.3 is 5.32 Å². The van der Waals surface area contributed by atoms with Crippen LogP contribution >= 0.6 is 11.8 Å². The van der Waals surface area contributed by atoms with E-state index in [1.165, 1.54) is 12.1 Å². The summed E-state index contributed by atoms with van der Waals surface area (Å²) in [5.74, 6) is -0.493. The van der Waals surface area contributed by atoms with Crippen LogP contribution in [0, 0.1) is 0 Å². The molecule has 1 fully saturated rings. The van der Waals surface area contributed by atoms with Crippen molar-refractivity contribution in [3.63, 3.8) is 0 Å². The van der Waals surface area contributed by atoms with Crippen LogP contribution in [-0.2, 0) is 11.0 Å². The summed E-state index contributed by atoms with van der Waals surface area (Å²) in [6, 6.07) is 14.0. The summed E-state index contributed by atoms with van der Waals surface area (Å²) < 4.78 is 38.3. The third-order valence-electron chi connectivity index (χ3n) is 3.84. The molecule has 144 valence electrons. The van der Waals surface area contributed by atoms with Crippen molar-refractivity contribution in [1.29, 1.82) is 0 Å². The van der Waals surface area contributed by atoms with Crippen LogP contribution in [0.4, 0.5) is 23.7 Å². The van der Waals surface area contributed by atoms with E-state index in [4.69, 9.17) is 0 Å². The molecule has 0 spiro atoms. The Labute approximate surface area is 163 Å². The van der Waals surface area contributed by atoms with Gasteiger partial charge in [-0.1, -0.05) is 48.6 Å². The Hall–Kier alpha value is -3.00. The van der Waals surface area contributed by atoms with Crippen LogP contribution in [0.3, 0.4) is 0 Å². The van der Waals surface area contributed by atoms with Crippen molar-refractivity contribution < 1.29 is 22.8 Å². The molecule has 1 heterocycles. The second-order valence-corrected chi connectivity index (χ2v) is 6.81. The van der Waals surface area contributed by atoms with Crippen LogP contribution in [0.15, 0.2) is 71.7 Å². The summed E-state index contributed by atoms with van der Waals surface area (Å²) >= 11 is 0.787. The third kappa shape index (κ3) is 4.83. The first kappa shape index (κ1) is 19.8. The SMILES string of the molecule is O=C1S/C(=C/C=C\c2ccccc2)C(=O)N1CNc1cccc(C(F)(F)F)c1. The van der Waals surface area contributed by atoms with Crippen LogP contribution in [-0.4, -0.2) is 22.7 Å². The molecular weight excluding hydrogens is 389 g/mol. The topological polar surface area (TPSA) is 49.4 Å². The largest absolute Gasteiger partial charge is 0.416 e. The lowest BCUT2D eigenvalue weighted by atomic mass is 10.2. The highest BCUT2D eigenvalue weighted by atomic mass is 32.2. The van der Waals surface area contributed by atoms with Gasteiger partial charge in [-0.25, -0.2) is 0 Å². The third-order valence-corrected chi connectivity index (χ3v) is 4.77. The summed E-state index contributed by atoms with van der Waals surface area (Å²) in [5, 5.41) is 2.21. The number of nitrogens with zero attached hydrogens (tertiary/aromatic N) is 1. The van der Waals surface area contributed by atoms with Gasteiger partial charge in [-0.15, -0.1) is 0 Å². The molecule has 2 aromatic carbocycles. The molecule has 2 aromatic rings. The lowest BCUT2D eigenvalue weighted by Crippen LogP contribution is -2.33. The predicted molar refractivity (Wildman–Crippen MR) is 103 cm³/mol. The summed E-state index contributed by atoms with van der Waals surface area (Å²) in [7, 11) is 0. The molecule has 0 radical (unpaired) electrons. The molecule has 1 aliphatic rings. The molecule has 0 unspecified atom stereocenters. The number of thioether (sulfide) groups is 1. The molecule has 0 bridgehead atoms. The minimum Gasteiger partial charge on any atom is -0.367 e. The molecule has 0 atom stereocenters. The molecule has 0 aliphatic carbocycles. The second kappa shape index (κ2) is 8.35. The van der Waals surface area contributed by atoms with Gasteiger partial charge in [0.2, 0.25) is 0 Å². The molecule has 28 heavy (non-hydrogen) atoms. The first-order valence-corrected chi connectivity index (χ1v) is 9.04. The Bertz CT molecular complexity index is 940. The molecule has 3 rings (SSSR count). The zero-order valence-corrected chi connectivity index (χ0v) is 15.3. The lowest BCUT2D eigenvalue weighted by molar-refractivity contribution is -0.137. The van der Waals surface area contributed by atoms with Crippen molar-refractivity contribution >= 4 is 34.7 Å². The van der Waals surface area contributed by atoms with E-state index in [9.17, 15) is 22.8 Å². The highest BCUT2D eigenvalue weighted by molar-refractivity contribution is 8.18. The van der Waals surface area contributed by atoms with Crippen LogP contribution in [0.5, 0.6) is 0 Å². The van der Waals surface area contributed by atoms with E-state index in [-0.39, 0.29) is 17.3 Å². The Kier molecular flexibility index (Phi) is 5.89. The maximum atomic E-state index is 12.8. The van der Waals surface area contributed by atoms with E-state index < -0.39 is 22.9 Å². The maximum Gasteiger partial charge on any atom is 0.416 e. The number of nitrogens with one attached hydrogen (secondary N) is 1. The van der Waals surface area contributed by atoms with Gasteiger partial charge in [0.15, 0.2) is 0 Å². The van der Waals surface area contributed by atoms with Gasteiger partial charge in [0.25, 0.3) is 11.1 Å². The number of halogens is 3. The van der Waals surface area contributed by atoms with Gasteiger partial charge in [-0.2, -0.15) is 13.2 Å². The van der Waals surface area contributed by atoms with Crippen LogP contribution in [0.1, 0.15) is 11.1 Å². The van der Waals surface area contributed by atoms with Crippen LogP contribution < -0.4 is 5.32 Å². The molecule has 4 nitrogen and oxygen atoms in total. The zero-order valence-electron chi connectivity index (χ0n) is 14.4. The summed E-state index contributed by atoms with van der Waals surface area (Å²) in [6.07, 6.45) is 0.553. The fraction of sp³-hybridized carbons (Fsp3) is 0.100. The van der Waals surface area contributed by atoms with Crippen molar-refractivity contribution in [3.05, 3.63) is 82.8 Å². The Balaban J connectivity index is 1.64. The first-order chi connectivity index (χ1) is 13.3.